The van der Waals surface area contributed by atoms with Crippen LogP contribution in [0.25, 0.3) is 0 Å². The number of likely N-dealkylation sites (tertiary alicyclic amines) is 1. The minimum Gasteiger partial charge on any atom is -0.389 e. The number of aliphatic hydroxyl groups is 1. The average Bonchev–Trinajstić information content (AvgIpc) is 2.31. The summed E-state index contributed by atoms with van der Waals surface area (Å²) in [6.45, 7) is 5.86. The predicted molar refractivity (Wildman–Crippen MR) is 43.5 cm³/mol. The fourth-order valence-electron chi connectivity index (χ4n) is 1.44. The summed E-state index contributed by atoms with van der Waals surface area (Å²) in [5.41, 5.74) is 0. The molecule has 66 valence electrons. The number of β-amino-alcohol motifs (C(OH)–C–C–N with tert-alkyl or cyclic N) is 1. The fourth-order valence-corrected chi connectivity index (χ4v) is 1.44. The van der Waals surface area contributed by atoms with Gasteiger partial charge in [-0.3, -0.25) is 4.90 Å². The topological polar surface area (TPSA) is 32.7 Å². The largest absolute Gasteiger partial charge is 0.389 e. The summed E-state index contributed by atoms with van der Waals surface area (Å²) in [7, 11) is 1.65. The number of ether oxygens (including phenoxy) is 1. The van der Waals surface area contributed by atoms with E-state index in [2.05, 4.69) is 18.7 Å². The average molecular weight is 159 g/mol. The van der Waals surface area contributed by atoms with Gasteiger partial charge in [0.15, 0.2) is 0 Å². The zero-order valence-electron chi connectivity index (χ0n) is 7.45. The van der Waals surface area contributed by atoms with Crippen molar-refractivity contribution in [2.24, 2.45) is 0 Å². The van der Waals surface area contributed by atoms with Crippen LogP contribution < -0.4 is 0 Å². The Morgan fingerprint density at radius 1 is 1.45 bits per heavy atom. The predicted octanol–water partition coefficient (Wildman–Crippen LogP) is 0.0863. The fraction of sp³-hybridized carbons (Fsp3) is 1.00. The molecule has 0 aliphatic carbocycles. The van der Waals surface area contributed by atoms with Gasteiger partial charge >= 0.3 is 0 Å². The van der Waals surface area contributed by atoms with Crippen LogP contribution in [0.1, 0.15) is 13.8 Å². The molecule has 0 aromatic heterocycles. The van der Waals surface area contributed by atoms with Crippen LogP contribution in [0.2, 0.25) is 0 Å². The molecule has 1 N–H and O–H groups in total. The SMILES string of the molecule is CO[C@H]1CN(C(C)C)C[C@H]1O. The van der Waals surface area contributed by atoms with Crippen molar-refractivity contribution in [3.05, 3.63) is 0 Å². The van der Waals surface area contributed by atoms with Crippen LogP contribution in [-0.2, 0) is 4.74 Å². The molecule has 1 fully saturated rings. The van der Waals surface area contributed by atoms with E-state index in [1.807, 2.05) is 0 Å². The van der Waals surface area contributed by atoms with Crippen LogP contribution in [0.15, 0.2) is 0 Å². The van der Waals surface area contributed by atoms with E-state index in [1.165, 1.54) is 0 Å². The highest BCUT2D eigenvalue weighted by atomic mass is 16.5. The smallest absolute Gasteiger partial charge is 0.0969 e. The molecule has 0 unspecified atom stereocenters. The standard InChI is InChI=1S/C8H17NO2/c1-6(2)9-4-7(10)8(5-9)11-3/h6-8,10H,4-5H2,1-3H3/t7-,8+/m1/s1. The molecule has 1 rings (SSSR count). The summed E-state index contributed by atoms with van der Waals surface area (Å²) >= 11 is 0. The third-order valence-corrected chi connectivity index (χ3v) is 2.30. The van der Waals surface area contributed by atoms with Gasteiger partial charge in [0.05, 0.1) is 12.2 Å². The summed E-state index contributed by atoms with van der Waals surface area (Å²) in [4.78, 5) is 2.22. The van der Waals surface area contributed by atoms with Crippen molar-refractivity contribution < 1.29 is 9.84 Å². The summed E-state index contributed by atoms with van der Waals surface area (Å²) in [5, 5.41) is 9.44. The maximum Gasteiger partial charge on any atom is 0.0969 e. The molecule has 0 aromatic rings. The lowest BCUT2D eigenvalue weighted by Gasteiger charge is -2.19. The zero-order chi connectivity index (χ0) is 8.43. The van der Waals surface area contributed by atoms with E-state index in [0.717, 1.165) is 13.1 Å². The van der Waals surface area contributed by atoms with Crippen LogP contribution in [0.3, 0.4) is 0 Å². The third kappa shape index (κ3) is 1.92. The van der Waals surface area contributed by atoms with Gasteiger partial charge in [0.1, 0.15) is 0 Å². The normalized spacial score (nSPS) is 33.5. The van der Waals surface area contributed by atoms with Gasteiger partial charge in [0.25, 0.3) is 0 Å². The highest BCUT2D eigenvalue weighted by molar-refractivity contribution is 4.85. The van der Waals surface area contributed by atoms with Crippen molar-refractivity contribution in [2.75, 3.05) is 20.2 Å². The molecule has 3 heteroatoms. The first kappa shape index (κ1) is 8.97. The van der Waals surface area contributed by atoms with Gasteiger partial charge in [-0.15, -0.1) is 0 Å². The highest BCUT2D eigenvalue weighted by Gasteiger charge is 2.32. The number of nitrogens with zero attached hydrogens (tertiary/aromatic N) is 1. The Balaban J connectivity index is 2.43. The molecule has 1 aliphatic heterocycles. The van der Waals surface area contributed by atoms with Crippen LogP contribution in [0.5, 0.6) is 0 Å². The lowest BCUT2D eigenvalue weighted by atomic mass is 10.3. The summed E-state index contributed by atoms with van der Waals surface area (Å²) < 4.78 is 5.11. The molecule has 0 aromatic carbocycles. The maximum absolute atomic E-state index is 9.44. The van der Waals surface area contributed by atoms with Crippen molar-refractivity contribution in [2.45, 2.75) is 32.1 Å². The van der Waals surface area contributed by atoms with Crippen molar-refractivity contribution in [1.82, 2.24) is 4.90 Å². The van der Waals surface area contributed by atoms with Crippen molar-refractivity contribution in [3.63, 3.8) is 0 Å². The second-order valence-electron chi connectivity index (χ2n) is 3.39. The molecule has 11 heavy (non-hydrogen) atoms. The second-order valence-corrected chi connectivity index (χ2v) is 3.39. The van der Waals surface area contributed by atoms with Crippen LogP contribution in [-0.4, -0.2) is 48.5 Å². The lowest BCUT2D eigenvalue weighted by molar-refractivity contribution is 0.0214. The molecular weight excluding hydrogens is 142 g/mol. The molecule has 0 amide bonds. The van der Waals surface area contributed by atoms with E-state index in [9.17, 15) is 5.11 Å². The van der Waals surface area contributed by atoms with Gasteiger partial charge in [-0.2, -0.15) is 0 Å². The molecule has 0 spiro atoms. The second kappa shape index (κ2) is 3.52. The summed E-state index contributed by atoms with van der Waals surface area (Å²) in [6.07, 6.45) is -0.292. The summed E-state index contributed by atoms with van der Waals surface area (Å²) in [6, 6.07) is 0.504. The van der Waals surface area contributed by atoms with Crippen molar-refractivity contribution >= 4 is 0 Å². The van der Waals surface area contributed by atoms with E-state index in [-0.39, 0.29) is 12.2 Å². The molecular formula is C8H17NO2. The number of hydrogen-bond donors (Lipinski definition) is 1. The highest BCUT2D eigenvalue weighted by Crippen LogP contribution is 2.14. The Bertz CT molecular complexity index is 127. The minimum absolute atomic E-state index is 0.0115. The van der Waals surface area contributed by atoms with E-state index in [1.54, 1.807) is 7.11 Å². The number of aliphatic hydroxyl groups excluding tert-OH is 1. The van der Waals surface area contributed by atoms with Gasteiger partial charge in [-0.05, 0) is 13.8 Å². The molecule has 0 saturated carbocycles. The van der Waals surface area contributed by atoms with E-state index < -0.39 is 0 Å². The molecule has 1 aliphatic rings. The lowest BCUT2D eigenvalue weighted by Crippen LogP contribution is -2.29. The van der Waals surface area contributed by atoms with Crippen LogP contribution in [0, 0.1) is 0 Å². The van der Waals surface area contributed by atoms with Gasteiger partial charge < -0.3 is 9.84 Å². The van der Waals surface area contributed by atoms with Gasteiger partial charge in [0, 0.05) is 26.2 Å². The summed E-state index contributed by atoms with van der Waals surface area (Å²) in [5.74, 6) is 0. The first-order valence-electron chi connectivity index (χ1n) is 4.10. The maximum atomic E-state index is 9.44. The van der Waals surface area contributed by atoms with Crippen LogP contribution >= 0.6 is 0 Å². The molecule has 0 radical (unpaired) electrons. The Labute approximate surface area is 68.0 Å². The van der Waals surface area contributed by atoms with Gasteiger partial charge in [-0.25, -0.2) is 0 Å². The third-order valence-electron chi connectivity index (χ3n) is 2.30. The first-order chi connectivity index (χ1) is 5.15. The Morgan fingerprint density at radius 2 is 2.09 bits per heavy atom. The molecule has 2 atom stereocenters. The Morgan fingerprint density at radius 3 is 2.36 bits per heavy atom. The monoisotopic (exact) mass is 159 g/mol. The van der Waals surface area contributed by atoms with Crippen molar-refractivity contribution in [1.29, 1.82) is 0 Å². The molecule has 0 bridgehead atoms. The number of methoxy groups -OCH3 is 1. The minimum atomic E-state index is -0.303. The van der Waals surface area contributed by atoms with Crippen molar-refractivity contribution in [3.8, 4) is 0 Å². The Kier molecular flexibility index (Phi) is 2.87. The van der Waals surface area contributed by atoms with E-state index in [4.69, 9.17) is 4.74 Å². The van der Waals surface area contributed by atoms with E-state index in [0.29, 0.717) is 6.04 Å². The molecule has 3 nitrogen and oxygen atoms in total. The number of hydrogen-bond acceptors (Lipinski definition) is 3. The Hall–Kier alpha value is -0.120. The van der Waals surface area contributed by atoms with Gasteiger partial charge in [-0.1, -0.05) is 0 Å². The van der Waals surface area contributed by atoms with Crippen LogP contribution in [0.4, 0.5) is 0 Å². The molecule has 1 saturated heterocycles. The van der Waals surface area contributed by atoms with E-state index >= 15 is 0 Å². The zero-order valence-corrected chi connectivity index (χ0v) is 7.45. The number of rotatable bonds is 2. The molecule has 1 heterocycles. The quantitative estimate of drug-likeness (QED) is 0.619. The van der Waals surface area contributed by atoms with Gasteiger partial charge in [0.2, 0.25) is 0 Å². The first-order valence-corrected chi connectivity index (χ1v) is 4.10.